The van der Waals surface area contributed by atoms with Gasteiger partial charge in [0.2, 0.25) is 0 Å². The summed E-state index contributed by atoms with van der Waals surface area (Å²) in [6.07, 6.45) is 4.42. The van der Waals surface area contributed by atoms with Gasteiger partial charge >= 0.3 is 0 Å². The lowest BCUT2D eigenvalue weighted by Gasteiger charge is -2.45. The highest BCUT2D eigenvalue weighted by Crippen LogP contribution is 2.26. The molecular formula is C14H28N2. The van der Waals surface area contributed by atoms with E-state index >= 15 is 0 Å². The molecule has 1 aliphatic rings. The third-order valence-corrected chi connectivity index (χ3v) is 4.16. The standard InChI is InChI=1S/C14H28N2/c1-6-8-11(3)16-10-9-14(15-7-2)12(4)13(16)5/h6,11-15H,1,7-10H2,2-5H3. The van der Waals surface area contributed by atoms with Crippen LogP contribution < -0.4 is 5.32 Å². The Morgan fingerprint density at radius 1 is 1.50 bits per heavy atom. The Morgan fingerprint density at radius 2 is 2.19 bits per heavy atom. The molecule has 0 saturated carbocycles. The number of hydrogen-bond acceptors (Lipinski definition) is 2. The van der Waals surface area contributed by atoms with Crippen LogP contribution in [0.2, 0.25) is 0 Å². The first-order chi connectivity index (χ1) is 7.61. The fourth-order valence-corrected chi connectivity index (χ4v) is 2.94. The molecule has 94 valence electrons. The Labute approximate surface area is 101 Å². The lowest BCUT2D eigenvalue weighted by Crippen LogP contribution is -2.55. The molecular weight excluding hydrogens is 196 g/mol. The fourth-order valence-electron chi connectivity index (χ4n) is 2.94. The molecule has 1 N–H and O–H groups in total. The Balaban J connectivity index is 2.56. The van der Waals surface area contributed by atoms with Crippen molar-refractivity contribution in [3.8, 4) is 0 Å². The molecule has 0 aromatic carbocycles. The Morgan fingerprint density at radius 3 is 2.75 bits per heavy atom. The zero-order valence-corrected chi connectivity index (χ0v) is 11.4. The summed E-state index contributed by atoms with van der Waals surface area (Å²) in [5.41, 5.74) is 0. The number of piperidine rings is 1. The summed E-state index contributed by atoms with van der Waals surface area (Å²) in [4.78, 5) is 2.64. The zero-order chi connectivity index (χ0) is 12.1. The average molecular weight is 224 g/mol. The van der Waals surface area contributed by atoms with Gasteiger partial charge in [-0.1, -0.05) is 19.9 Å². The molecule has 0 radical (unpaired) electrons. The predicted molar refractivity (Wildman–Crippen MR) is 71.7 cm³/mol. The molecule has 1 heterocycles. The first-order valence-electron chi connectivity index (χ1n) is 6.71. The summed E-state index contributed by atoms with van der Waals surface area (Å²) in [5.74, 6) is 0.737. The van der Waals surface area contributed by atoms with E-state index in [1.807, 2.05) is 6.08 Å². The molecule has 1 saturated heterocycles. The second kappa shape index (κ2) is 6.41. The Kier molecular flexibility index (Phi) is 5.50. The number of hydrogen-bond donors (Lipinski definition) is 1. The van der Waals surface area contributed by atoms with Crippen molar-refractivity contribution >= 4 is 0 Å². The molecule has 0 bridgehead atoms. The normalized spacial score (nSPS) is 33.6. The van der Waals surface area contributed by atoms with Crippen LogP contribution in [0.3, 0.4) is 0 Å². The van der Waals surface area contributed by atoms with Crippen molar-refractivity contribution in [1.82, 2.24) is 10.2 Å². The zero-order valence-electron chi connectivity index (χ0n) is 11.4. The maximum absolute atomic E-state index is 3.84. The smallest absolute Gasteiger partial charge is 0.0120 e. The van der Waals surface area contributed by atoms with Crippen molar-refractivity contribution in [1.29, 1.82) is 0 Å². The molecule has 1 rings (SSSR count). The number of rotatable bonds is 5. The van der Waals surface area contributed by atoms with E-state index in [1.165, 1.54) is 13.0 Å². The highest BCUT2D eigenvalue weighted by Gasteiger charge is 2.33. The van der Waals surface area contributed by atoms with Crippen LogP contribution in [0.4, 0.5) is 0 Å². The minimum atomic E-state index is 0.637. The lowest BCUT2D eigenvalue weighted by molar-refractivity contribution is 0.0543. The van der Waals surface area contributed by atoms with E-state index in [4.69, 9.17) is 0 Å². The number of nitrogens with one attached hydrogen (secondary N) is 1. The van der Waals surface area contributed by atoms with Gasteiger partial charge in [0, 0.05) is 24.7 Å². The molecule has 4 unspecified atom stereocenters. The number of likely N-dealkylation sites (tertiary alicyclic amines) is 1. The summed E-state index contributed by atoms with van der Waals surface area (Å²) >= 11 is 0. The highest BCUT2D eigenvalue weighted by atomic mass is 15.2. The van der Waals surface area contributed by atoms with E-state index in [9.17, 15) is 0 Å². The molecule has 2 heteroatoms. The first-order valence-corrected chi connectivity index (χ1v) is 6.71. The van der Waals surface area contributed by atoms with Crippen molar-refractivity contribution in [2.75, 3.05) is 13.1 Å². The molecule has 0 aromatic heterocycles. The van der Waals surface area contributed by atoms with Gasteiger partial charge in [-0.25, -0.2) is 0 Å². The second-order valence-corrected chi connectivity index (χ2v) is 5.16. The third kappa shape index (κ3) is 3.08. The monoisotopic (exact) mass is 224 g/mol. The molecule has 1 aliphatic heterocycles. The SMILES string of the molecule is C=CCC(C)N1CCC(NCC)C(C)C1C. The highest BCUT2D eigenvalue weighted by molar-refractivity contribution is 4.91. The topological polar surface area (TPSA) is 15.3 Å². The molecule has 0 aromatic rings. The summed E-state index contributed by atoms with van der Waals surface area (Å²) in [5, 5.41) is 3.61. The van der Waals surface area contributed by atoms with Gasteiger partial charge in [0.05, 0.1) is 0 Å². The third-order valence-electron chi connectivity index (χ3n) is 4.16. The summed E-state index contributed by atoms with van der Waals surface area (Å²) in [7, 11) is 0. The van der Waals surface area contributed by atoms with E-state index < -0.39 is 0 Å². The largest absolute Gasteiger partial charge is 0.314 e. The molecule has 0 amide bonds. The molecule has 0 spiro atoms. The number of nitrogens with zero attached hydrogens (tertiary/aromatic N) is 1. The van der Waals surface area contributed by atoms with E-state index in [2.05, 4.69) is 44.5 Å². The minimum Gasteiger partial charge on any atom is -0.314 e. The van der Waals surface area contributed by atoms with Gasteiger partial charge in [-0.2, -0.15) is 0 Å². The summed E-state index contributed by atoms with van der Waals surface area (Å²) in [6, 6.07) is 2.01. The van der Waals surface area contributed by atoms with Crippen LogP contribution in [0.15, 0.2) is 12.7 Å². The summed E-state index contributed by atoms with van der Waals surface area (Å²) < 4.78 is 0. The van der Waals surface area contributed by atoms with Crippen molar-refractivity contribution in [3.63, 3.8) is 0 Å². The van der Waals surface area contributed by atoms with Gasteiger partial charge in [0.15, 0.2) is 0 Å². The van der Waals surface area contributed by atoms with Crippen molar-refractivity contribution in [3.05, 3.63) is 12.7 Å². The van der Waals surface area contributed by atoms with Crippen LogP contribution in [-0.4, -0.2) is 36.1 Å². The van der Waals surface area contributed by atoms with Crippen LogP contribution in [0, 0.1) is 5.92 Å². The minimum absolute atomic E-state index is 0.637. The van der Waals surface area contributed by atoms with Gasteiger partial charge in [-0.05, 0) is 39.2 Å². The quantitative estimate of drug-likeness (QED) is 0.722. The predicted octanol–water partition coefficient (Wildman–Crippen LogP) is 2.66. The van der Waals surface area contributed by atoms with E-state index in [0.717, 1.165) is 18.9 Å². The van der Waals surface area contributed by atoms with Gasteiger partial charge in [0.25, 0.3) is 0 Å². The van der Waals surface area contributed by atoms with E-state index in [-0.39, 0.29) is 0 Å². The van der Waals surface area contributed by atoms with Gasteiger partial charge in [-0.3, -0.25) is 4.90 Å². The second-order valence-electron chi connectivity index (χ2n) is 5.16. The molecule has 0 aliphatic carbocycles. The van der Waals surface area contributed by atoms with Crippen LogP contribution in [0.25, 0.3) is 0 Å². The average Bonchev–Trinajstić information content (AvgIpc) is 2.25. The van der Waals surface area contributed by atoms with Crippen molar-refractivity contribution in [2.45, 2.75) is 58.7 Å². The Hall–Kier alpha value is -0.340. The fraction of sp³-hybridized carbons (Fsp3) is 0.857. The van der Waals surface area contributed by atoms with E-state index in [0.29, 0.717) is 18.1 Å². The maximum Gasteiger partial charge on any atom is 0.0120 e. The van der Waals surface area contributed by atoms with Crippen molar-refractivity contribution < 1.29 is 0 Å². The molecule has 2 nitrogen and oxygen atoms in total. The van der Waals surface area contributed by atoms with Crippen LogP contribution in [0.5, 0.6) is 0 Å². The van der Waals surface area contributed by atoms with Gasteiger partial charge < -0.3 is 5.32 Å². The van der Waals surface area contributed by atoms with Gasteiger partial charge in [-0.15, -0.1) is 6.58 Å². The lowest BCUT2D eigenvalue weighted by atomic mass is 9.86. The molecule has 1 fully saturated rings. The Bertz CT molecular complexity index is 215. The molecule has 4 atom stereocenters. The van der Waals surface area contributed by atoms with Crippen molar-refractivity contribution in [2.24, 2.45) is 5.92 Å². The maximum atomic E-state index is 3.84. The summed E-state index contributed by atoms with van der Waals surface area (Å²) in [6.45, 7) is 15.4. The van der Waals surface area contributed by atoms with Crippen LogP contribution in [0.1, 0.15) is 40.5 Å². The van der Waals surface area contributed by atoms with E-state index in [1.54, 1.807) is 0 Å². The van der Waals surface area contributed by atoms with Crippen LogP contribution in [-0.2, 0) is 0 Å². The van der Waals surface area contributed by atoms with Gasteiger partial charge in [0.1, 0.15) is 0 Å². The molecule has 16 heavy (non-hydrogen) atoms. The van der Waals surface area contributed by atoms with Crippen LogP contribution >= 0.6 is 0 Å². The first kappa shape index (κ1) is 13.7.